The number of carboxylic acids is 1. The maximum atomic E-state index is 13.0. The quantitative estimate of drug-likeness (QED) is 0.657. The van der Waals surface area contributed by atoms with Crippen LogP contribution in [0.15, 0.2) is 47.4 Å². The fraction of sp³-hybridized carbons (Fsp3) is 0. The van der Waals surface area contributed by atoms with Gasteiger partial charge in [0.15, 0.2) is 4.32 Å². The maximum Gasteiger partial charge on any atom is 0.335 e. The standard InChI is InChI=1S/C17H10FNO4S2/c18-10-3-1-9(2-4-10)7-14-15(21)19(17(24)25-14)11-5-6-13(20)12(8-11)16(22)23/h1-8,20H,(H,22,23)/p-1/b14-7-. The van der Waals surface area contributed by atoms with Crippen LogP contribution in [-0.2, 0) is 4.79 Å². The number of benzene rings is 2. The molecule has 0 unspecified atom stereocenters. The van der Waals surface area contributed by atoms with Gasteiger partial charge in [-0.3, -0.25) is 9.69 Å². The summed E-state index contributed by atoms with van der Waals surface area (Å²) in [7, 11) is 0. The van der Waals surface area contributed by atoms with Gasteiger partial charge in [0.1, 0.15) is 5.82 Å². The third-order valence-electron chi connectivity index (χ3n) is 3.41. The van der Waals surface area contributed by atoms with Crippen molar-refractivity contribution in [3.05, 3.63) is 64.3 Å². The highest BCUT2D eigenvalue weighted by Gasteiger charge is 2.33. The van der Waals surface area contributed by atoms with Crippen LogP contribution in [0.1, 0.15) is 15.9 Å². The average Bonchev–Trinajstić information content (AvgIpc) is 2.84. The number of amides is 1. The molecule has 1 N–H and O–H groups in total. The van der Waals surface area contributed by atoms with Crippen molar-refractivity contribution in [3.8, 4) is 5.75 Å². The van der Waals surface area contributed by atoms with Crippen molar-refractivity contribution in [2.75, 3.05) is 4.90 Å². The fourth-order valence-electron chi connectivity index (χ4n) is 2.22. The van der Waals surface area contributed by atoms with Crippen LogP contribution in [-0.4, -0.2) is 21.3 Å². The Kier molecular flexibility index (Phi) is 4.56. The van der Waals surface area contributed by atoms with Crippen molar-refractivity contribution in [3.63, 3.8) is 0 Å². The first-order valence-electron chi connectivity index (χ1n) is 6.94. The molecule has 1 fully saturated rings. The van der Waals surface area contributed by atoms with Gasteiger partial charge in [0.05, 0.1) is 16.2 Å². The Balaban J connectivity index is 1.95. The molecule has 25 heavy (non-hydrogen) atoms. The van der Waals surface area contributed by atoms with Crippen molar-refractivity contribution < 1.29 is 24.2 Å². The number of hydrogen-bond acceptors (Lipinski definition) is 5. The molecule has 1 heterocycles. The number of nitrogens with zero attached hydrogens (tertiary/aromatic N) is 1. The summed E-state index contributed by atoms with van der Waals surface area (Å²) in [5.74, 6) is -2.85. The zero-order valence-electron chi connectivity index (χ0n) is 12.4. The minimum Gasteiger partial charge on any atom is -0.872 e. The first-order chi connectivity index (χ1) is 11.9. The van der Waals surface area contributed by atoms with Crippen LogP contribution >= 0.6 is 24.0 Å². The predicted octanol–water partition coefficient (Wildman–Crippen LogP) is 3.00. The lowest BCUT2D eigenvalue weighted by molar-refractivity contribution is -0.268. The van der Waals surface area contributed by atoms with Crippen LogP contribution in [0.5, 0.6) is 5.75 Å². The lowest BCUT2D eigenvalue weighted by atomic mass is 10.1. The van der Waals surface area contributed by atoms with E-state index in [0.29, 0.717) is 10.5 Å². The van der Waals surface area contributed by atoms with Crippen molar-refractivity contribution in [1.82, 2.24) is 0 Å². The second kappa shape index (κ2) is 6.66. The van der Waals surface area contributed by atoms with Crippen LogP contribution < -0.4 is 10.0 Å². The van der Waals surface area contributed by atoms with Crippen molar-refractivity contribution in [1.29, 1.82) is 0 Å². The van der Waals surface area contributed by atoms with Gasteiger partial charge < -0.3 is 10.2 Å². The molecular formula is C17H9FNO4S2-. The van der Waals surface area contributed by atoms with Gasteiger partial charge in [-0.25, -0.2) is 9.18 Å². The fourth-order valence-corrected chi connectivity index (χ4v) is 3.52. The van der Waals surface area contributed by atoms with Gasteiger partial charge in [-0.1, -0.05) is 47.9 Å². The van der Waals surface area contributed by atoms with Crippen LogP contribution in [0.2, 0.25) is 0 Å². The third kappa shape index (κ3) is 3.40. The van der Waals surface area contributed by atoms with Gasteiger partial charge in [0.25, 0.3) is 5.91 Å². The van der Waals surface area contributed by atoms with E-state index in [-0.39, 0.29) is 15.8 Å². The third-order valence-corrected chi connectivity index (χ3v) is 4.72. The highest BCUT2D eigenvalue weighted by molar-refractivity contribution is 8.27. The average molecular weight is 374 g/mol. The Morgan fingerprint density at radius 2 is 1.92 bits per heavy atom. The molecule has 0 aromatic heterocycles. The number of thiocarbonyl (C=S) groups is 1. The SMILES string of the molecule is O=C(O)c1cc(N2C(=O)/C(=C/c3ccc(F)cc3)SC2=S)ccc1[O-]. The summed E-state index contributed by atoms with van der Waals surface area (Å²) in [6, 6.07) is 9.16. The molecule has 126 valence electrons. The summed E-state index contributed by atoms with van der Waals surface area (Å²) >= 11 is 6.24. The van der Waals surface area contributed by atoms with E-state index in [0.717, 1.165) is 23.9 Å². The largest absolute Gasteiger partial charge is 0.872 e. The minimum atomic E-state index is -1.38. The first kappa shape index (κ1) is 17.1. The molecule has 1 aliphatic heterocycles. The van der Waals surface area contributed by atoms with Crippen LogP contribution in [0.3, 0.4) is 0 Å². The molecular weight excluding hydrogens is 365 g/mol. The molecule has 0 bridgehead atoms. The van der Waals surface area contributed by atoms with E-state index >= 15 is 0 Å². The topological polar surface area (TPSA) is 80.7 Å². The van der Waals surface area contributed by atoms with E-state index in [1.54, 1.807) is 6.08 Å². The van der Waals surface area contributed by atoms with Crippen LogP contribution in [0.25, 0.3) is 6.08 Å². The summed E-state index contributed by atoms with van der Waals surface area (Å²) in [6.45, 7) is 0. The van der Waals surface area contributed by atoms with Gasteiger partial charge in [-0.2, -0.15) is 0 Å². The number of carboxylic acid groups (broad SMARTS) is 1. The number of halogens is 1. The molecule has 1 amide bonds. The van der Waals surface area contributed by atoms with E-state index in [2.05, 4.69) is 0 Å². The summed E-state index contributed by atoms with van der Waals surface area (Å²) < 4.78 is 13.2. The highest BCUT2D eigenvalue weighted by atomic mass is 32.2. The van der Waals surface area contributed by atoms with Crippen molar-refractivity contribution >= 4 is 51.9 Å². The summed E-state index contributed by atoms with van der Waals surface area (Å²) in [5, 5.41) is 20.6. The normalized spacial score (nSPS) is 15.9. The second-order valence-electron chi connectivity index (χ2n) is 5.05. The Morgan fingerprint density at radius 1 is 1.24 bits per heavy atom. The molecule has 3 rings (SSSR count). The molecule has 0 radical (unpaired) electrons. The monoisotopic (exact) mass is 374 g/mol. The maximum absolute atomic E-state index is 13.0. The lowest BCUT2D eigenvalue weighted by Gasteiger charge is -2.18. The number of thioether (sulfide) groups is 1. The van der Waals surface area contributed by atoms with Crippen molar-refractivity contribution in [2.24, 2.45) is 0 Å². The van der Waals surface area contributed by atoms with Crippen molar-refractivity contribution in [2.45, 2.75) is 0 Å². The number of carbonyl (C=O) groups is 2. The van der Waals surface area contributed by atoms with Gasteiger partial charge in [0, 0.05) is 0 Å². The smallest absolute Gasteiger partial charge is 0.335 e. The molecule has 0 saturated carbocycles. The highest BCUT2D eigenvalue weighted by Crippen LogP contribution is 2.37. The Hall–Kier alpha value is -2.71. The Labute approximate surface area is 151 Å². The molecule has 1 saturated heterocycles. The number of aromatic carboxylic acids is 1. The molecule has 1 aliphatic rings. The molecule has 0 atom stereocenters. The second-order valence-corrected chi connectivity index (χ2v) is 6.73. The van der Waals surface area contributed by atoms with E-state index in [1.165, 1.54) is 35.2 Å². The molecule has 2 aromatic carbocycles. The first-order valence-corrected chi connectivity index (χ1v) is 8.17. The van der Waals surface area contributed by atoms with Crippen LogP contribution in [0.4, 0.5) is 10.1 Å². The summed E-state index contributed by atoms with van der Waals surface area (Å²) in [6.07, 6.45) is 1.57. The number of hydrogen-bond donors (Lipinski definition) is 1. The van der Waals surface area contributed by atoms with Gasteiger partial charge in [-0.15, -0.1) is 0 Å². The molecule has 2 aromatic rings. The summed E-state index contributed by atoms with van der Waals surface area (Å²) in [4.78, 5) is 25.2. The van der Waals surface area contributed by atoms with Crippen LogP contribution in [0, 0.1) is 5.82 Å². The van der Waals surface area contributed by atoms with E-state index in [9.17, 15) is 19.1 Å². The van der Waals surface area contributed by atoms with Gasteiger partial charge in [0.2, 0.25) is 0 Å². The molecule has 0 spiro atoms. The zero-order chi connectivity index (χ0) is 18.1. The zero-order valence-corrected chi connectivity index (χ0v) is 14.1. The van der Waals surface area contributed by atoms with Gasteiger partial charge >= 0.3 is 5.97 Å². The van der Waals surface area contributed by atoms with E-state index in [1.807, 2.05) is 0 Å². The van der Waals surface area contributed by atoms with E-state index < -0.39 is 23.2 Å². The molecule has 8 heteroatoms. The lowest BCUT2D eigenvalue weighted by Crippen LogP contribution is -2.27. The predicted molar refractivity (Wildman–Crippen MR) is 94.9 cm³/mol. The molecule has 0 aliphatic carbocycles. The number of carbonyl (C=O) groups excluding carboxylic acids is 1. The van der Waals surface area contributed by atoms with Gasteiger partial charge in [-0.05, 0) is 35.9 Å². The minimum absolute atomic E-state index is 0.210. The van der Waals surface area contributed by atoms with E-state index in [4.69, 9.17) is 17.3 Å². The number of rotatable bonds is 3. The number of anilines is 1. The Bertz CT molecular complexity index is 925. The summed E-state index contributed by atoms with van der Waals surface area (Å²) in [5.41, 5.74) is 0.402. The Morgan fingerprint density at radius 3 is 2.56 bits per heavy atom. The molecule has 5 nitrogen and oxygen atoms in total.